The van der Waals surface area contributed by atoms with E-state index in [4.69, 9.17) is 0 Å². The van der Waals surface area contributed by atoms with Crippen LogP contribution in [0.2, 0.25) is 0 Å². The van der Waals surface area contributed by atoms with Gasteiger partial charge in [-0.05, 0) is 68.7 Å². The normalized spacial score (nSPS) is 23.5. The molecule has 116 valence electrons. The van der Waals surface area contributed by atoms with Gasteiger partial charge in [0.15, 0.2) is 0 Å². The number of hydrogen-bond donors (Lipinski definition) is 1. The molecule has 1 heterocycles. The highest BCUT2D eigenvalue weighted by Crippen LogP contribution is 2.46. The third-order valence-corrected chi connectivity index (χ3v) is 5.85. The Morgan fingerprint density at radius 2 is 1.76 bits per heavy atom. The van der Waals surface area contributed by atoms with Gasteiger partial charge in [0.2, 0.25) is 0 Å². The SMILES string of the molecule is Cc1ccccc1C(O)CCN1CCC2(CCCC2)CC1. The number of hydrogen-bond acceptors (Lipinski definition) is 2. The predicted molar refractivity (Wildman–Crippen MR) is 87.3 cm³/mol. The Morgan fingerprint density at radius 3 is 2.43 bits per heavy atom. The number of aliphatic hydroxyl groups excluding tert-OH is 1. The summed E-state index contributed by atoms with van der Waals surface area (Å²) in [4.78, 5) is 2.56. The van der Waals surface area contributed by atoms with Crippen LogP contribution < -0.4 is 0 Å². The van der Waals surface area contributed by atoms with Crippen LogP contribution in [0.1, 0.15) is 62.2 Å². The molecule has 1 aliphatic carbocycles. The smallest absolute Gasteiger partial charge is 0.0804 e. The highest BCUT2D eigenvalue weighted by atomic mass is 16.3. The van der Waals surface area contributed by atoms with Gasteiger partial charge in [-0.3, -0.25) is 0 Å². The molecule has 1 spiro atoms. The van der Waals surface area contributed by atoms with Crippen LogP contribution in [0, 0.1) is 12.3 Å². The lowest BCUT2D eigenvalue weighted by molar-refractivity contribution is 0.0868. The summed E-state index contributed by atoms with van der Waals surface area (Å²) in [6.45, 7) is 5.59. The molecule has 1 saturated carbocycles. The van der Waals surface area contributed by atoms with E-state index in [1.54, 1.807) is 0 Å². The molecular weight excluding hydrogens is 258 g/mol. The minimum absolute atomic E-state index is 0.312. The molecule has 1 aliphatic heterocycles. The van der Waals surface area contributed by atoms with E-state index in [0.29, 0.717) is 5.41 Å². The summed E-state index contributed by atoms with van der Waals surface area (Å²) in [5.41, 5.74) is 3.00. The van der Waals surface area contributed by atoms with Crippen molar-refractivity contribution in [2.75, 3.05) is 19.6 Å². The van der Waals surface area contributed by atoms with Crippen molar-refractivity contribution < 1.29 is 5.11 Å². The molecule has 0 bridgehead atoms. The van der Waals surface area contributed by atoms with E-state index in [9.17, 15) is 5.11 Å². The van der Waals surface area contributed by atoms with Crippen LogP contribution in [0.5, 0.6) is 0 Å². The van der Waals surface area contributed by atoms with Gasteiger partial charge in [0.1, 0.15) is 0 Å². The molecule has 1 aromatic rings. The summed E-state index contributed by atoms with van der Waals surface area (Å²) in [6, 6.07) is 8.21. The van der Waals surface area contributed by atoms with E-state index in [2.05, 4.69) is 24.0 Å². The van der Waals surface area contributed by atoms with E-state index in [-0.39, 0.29) is 6.10 Å². The van der Waals surface area contributed by atoms with Gasteiger partial charge >= 0.3 is 0 Å². The summed E-state index contributed by atoms with van der Waals surface area (Å²) in [5, 5.41) is 10.4. The van der Waals surface area contributed by atoms with Crippen molar-refractivity contribution in [3.63, 3.8) is 0 Å². The summed E-state index contributed by atoms with van der Waals surface area (Å²) >= 11 is 0. The van der Waals surface area contributed by atoms with Gasteiger partial charge < -0.3 is 10.0 Å². The Kier molecular flexibility index (Phi) is 4.66. The second-order valence-corrected chi connectivity index (χ2v) is 7.21. The molecule has 0 radical (unpaired) electrons. The van der Waals surface area contributed by atoms with Crippen LogP contribution in [0.3, 0.4) is 0 Å². The quantitative estimate of drug-likeness (QED) is 0.902. The maximum Gasteiger partial charge on any atom is 0.0804 e. The Hall–Kier alpha value is -0.860. The number of benzene rings is 1. The molecular formula is C19H29NO. The highest BCUT2D eigenvalue weighted by molar-refractivity contribution is 5.27. The largest absolute Gasteiger partial charge is 0.388 e. The van der Waals surface area contributed by atoms with Crippen LogP contribution in [-0.4, -0.2) is 29.6 Å². The fourth-order valence-corrected chi connectivity index (χ4v) is 4.30. The fraction of sp³-hybridized carbons (Fsp3) is 0.684. The minimum atomic E-state index is -0.312. The molecule has 0 aromatic heterocycles. The van der Waals surface area contributed by atoms with Gasteiger partial charge in [0.05, 0.1) is 6.10 Å². The molecule has 21 heavy (non-hydrogen) atoms. The molecule has 1 N–H and O–H groups in total. The number of piperidine rings is 1. The predicted octanol–water partition coefficient (Wildman–Crippen LogP) is 4.07. The Bertz CT molecular complexity index is 454. The van der Waals surface area contributed by atoms with Crippen molar-refractivity contribution in [1.82, 2.24) is 4.90 Å². The number of aryl methyl sites for hydroxylation is 1. The van der Waals surface area contributed by atoms with Crippen molar-refractivity contribution in [3.8, 4) is 0 Å². The lowest BCUT2D eigenvalue weighted by atomic mass is 9.77. The Balaban J connectivity index is 1.47. The average Bonchev–Trinajstić information content (AvgIpc) is 2.95. The fourth-order valence-electron chi connectivity index (χ4n) is 4.30. The van der Waals surface area contributed by atoms with E-state index < -0.39 is 0 Å². The molecule has 2 heteroatoms. The molecule has 2 aliphatic rings. The topological polar surface area (TPSA) is 23.5 Å². The molecule has 1 aromatic carbocycles. The zero-order valence-electron chi connectivity index (χ0n) is 13.4. The van der Waals surface area contributed by atoms with Crippen LogP contribution in [0.25, 0.3) is 0 Å². The standard InChI is InChI=1S/C19H29NO/c1-16-6-2-3-7-17(16)18(21)8-13-20-14-11-19(12-15-20)9-4-5-10-19/h2-3,6-7,18,21H,4-5,8-15H2,1H3. The average molecular weight is 287 g/mol. The second kappa shape index (κ2) is 6.50. The van der Waals surface area contributed by atoms with Crippen molar-refractivity contribution in [1.29, 1.82) is 0 Å². The summed E-state index contributed by atoms with van der Waals surface area (Å²) in [6.07, 6.45) is 9.14. The van der Waals surface area contributed by atoms with E-state index in [0.717, 1.165) is 18.5 Å². The number of rotatable bonds is 4. The summed E-state index contributed by atoms with van der Waals surface area (Å²) < 4.78 is 0. The van der Waals surface area contributed by atoms with Gasteiger partial charge in [-0.1, -0.05) is 37.1 Å². The van der Waals surface area contributed by atoms with Crippen molar-refractivity contribution in [2.45, 2.75) is 58.0 Å². The number of aliphatic hydroxyl groups is 1. The van der Waals surface area contributed by atoms with Crippen LogP contribution in [-0.2, 0) is 0 Å². The summed E-state index contributed by atoms with van der Waals surface area (Å²) in [5.74, 6) is 0. The zero-order valence-corrected chi connectivity index (χ0v) is 13.4. The zero-order chi connectivity index (χ0) is 14.7. The van der Waals surface area contributed by atoms with E-state index in [1.807, 2.05) is 12.1 Å². The van der Waals surface area contributed by atoms with Gasteiger partial charge in [0.25, 0.3) is 0 Å². The van der Waals surface area contributed by atoms with Crippen LogP contribution in [0.4, 0.5) is 0 Å². The van der Waals surface area contributed by atoms with Gasteiger partial charge in [-0.2, -0.15) is 0 Å². The first-order chi connectivity index (χ1) is 10.2. The maximum absolute atomic E-state index is 10.4. The Morgan fingerprint density at radius 1 is 1.10 bits per heavy atom. The third-order valence-electron chi connectivity index (χ3n) is 5.85. The van der Waals surface area contributed by atoms with Crippen molar-refractivity contribution in [3.05, 3.63) is 35.4 Å². The van der Waals surface area contributed by atoms with Crippen molar-refractivity contribution in [2.24, 2.45) is 5.41 Å². The van der Waals surface area contributed by atoms with Gasteiger partial charge in [0, 0.05) is 6.54 Å². The second-order valence-electron chi connectivity index (χ2n) is 7.21. The minimum Gasteiger partial charge on any atom is -0.388 e. The number of likely N-dealkylation sites (tertiary alicyclic amines) is 1. The maximum atomic E-state index is 10.4. The first-order valence-corrected chi connectivity index (χ1v) is 8.65. The third kappa shape index (κ3) is 3.49. The molecule has 2 nitrogen and oxygen atoms in total. The highest BCUT2D eigenvalue weighted by Gasteiger charge is 2.36. The molecule has 0 amide bonds. The van der Waals surface area contributed by atoms with E-state index in [1.165, 1.54) is 57.2 Å². The Labute approximate surface area is 129 Å². The number of nitrogens with zero attached hydrogens (tertiary/aromatic N) is 1. The molecule has 3 rings (SSSR count). The lowest BCUT2D eigenvalue weighted by Gasteiger charge is -2.39. The molecule has 1 saturated heterocycles. The van der Waals surface area contributed by atoms with Gasteiger partial charge in [-0.25, -0.2) is 0 Å². The van der Waals surface area contributed by atoms with Gasteiger partial charge in [-0.15, -0.1) is 0 Å². The monoisotopic (exact) mass is 287 g/mol. The molecule has 1 atom stereocenters. The molecule has 2 fully saturated rings. The lowest BCUT2D eigenvalue weighted by Crippen LogP contribution is -2.39. The first kappa shape index (κ1) is 15.1. The van der Waals surface area contributed by atoms with Crippen molar-refractivity contribution >= 4 is 0 Å². The first-order valence-electron chi connectivity index (χ1n) is 8.65. The van der Waals surface area contributed by atoms with E-state index >= 15 is 0 Å². The summed E-state index contributed by atoms with van der Waals surface area (Å²) in [7, 11) is 0. The van der Waals surface area contributed by atoms with Crippen LogP contribution >= 0.6 is 0 Å². The van der Waals surface area contributed by atoms with Crippen LogP contribution in [0.15, 0.2) is 24.3 Å². The molecule has 1 unspecified atom stereocenters.